The van der Waals surface area contributed by atoms with Crippen molar-refractivity contribution in [2.45, 2.75) is 51.8 Å². The molecule has 0 aliphatic carbocycles. The molecule has 0 heterocycles. The molecule has 0 aliphatic heterocycles. The lowest BCUT2D eigenvalue weighted by atomic mass is 10.0. The summed E-state index contributed by atoms with van der Waals surface area (Å²) < 4.78 is 18.1. The van der Waals surface area contributed by atoms with Crippen molar-refractivity contribution in [3.63, 3.8) is 0 Å². The second kappa shape index (κ2) is 4.73. The molecule has 84 valence electrons. The summed E-state index contributed by atoms with van der Waals surface area (Å²) in [5.41, 5.74) is -2.24. The van der Waals surface area contributed by atoms with Crippen LogP contribution in [-0.2, 0) is 9.53 Å². The molecule has 0 aliphatic rings. The highest BCUT2D eigenvalue weighted by Gasteiger charge is 2.24. The zero-order chi connectivity index (χ0) is 11.4. The van der Waals surface area contributed by atoms with E-state index < -0.39 is 23.8 Å². The Balaban J connectivity index is 3.87. The zero-order valence-electron chi connectivity index (χ0n) is 9.26. The number of esters is 1. The Morgan fingerprint density at radius 1 is 1.36 bits per heavy atom. The Kier molecular flexibility index (Phi) is 4.52. The predicted molar refractivity (Wildman–Crippen MR) is 51.7 cm³/mol. The Hall–Kier alpha value is -0.640. The zero-order valence-corrected chi connectivity index (χ0v) is 9.26. The highest BCUT2D eigenvalue weighted by atomic mass is 19.1. The van der Waals surface area contributed by atoms with Gasteiger partial charge in [0.1, 0.15) is 11.3 Å². The summed E-state index contributed by atoms with van der Waals surface area (Å²) in [7, 11) is 0. The van der Waals surface area contributed by atoms with Gasteiger partial charge in [0.05, 0.1) is 6.61 Å². The van der Waals surface area contributed by atoms with Crippen LogP contribution in [0.3, 0.4) is 0 Å². The van der Waals surface area contributed by atoms with Gasteiger partial charge >= 0.3 is 5.97 Å². The van der Waals surface area contributed by atoms with Crippen molar-refractivity contribution in [1.82, 2.24) is 0 Å². The van der Waals surface area contributed by atoms with E-state index in [4.69, 9.17) is 9.84 Å². The third-order valence-corrected chi connectivity index (χ3v) is 1.60. The molecule has 0 bridgehead atoms. The largest absolute Gasteiger partial charge is 0.460 e. The molecule has 3 nitrogen and oxygen atoms in total. The van der Waals surface area contributed by atoms with Crippen LogP contribution in [-0.4, -0.2) is 29.0 Å². The van der Waals surface area contributed by atoms with Gasteiger partial charge in [0.25, 0.3) is 0 Å². The molecule has 0 rings (SSSR count). The van der Waals surface area contributed by atoms with Crippen LogP contribution in [0.25, 0.3) is 0 Å². The smallest absolute Gasteiger partial charge is 0.306 e. The summed E-state index contributed by atoms with van der Waals surface area (Å²) in [5, 5.41) is 8.61. The standard InChI is InChI=1S/C10H19FO3/c1-9(2,3)14-8(13)5-6-10(4,11)7-12/h12H,5-7H2,1-4H3. The van der Waals surface area contributed by atoms with Gasteiger partial charge in [-0.25, -0.2) is 4.39 Å². The van der Waals surface area contributed by atoms with E-state index >= 15 is 0 Å². The average molecular weight is 206 g/mol. The lowest BCUT2D eigenvalue weighted by molar-refractivity contribution is -0.155. The Morgan fingerprint density at radius 3 is 2.21 bits per heavy atom. The maximum atomic E-state index is 13.2. The molecule has 0 saturated carbocycles. The molecule has 4 heteroatoms. The molecular weight excluding hydrogens is 187 g/mol. The van der Waals surface area contributed by atoms with Crippen LogP contribution in [0.5, 0.6) is 0 Å². The number of aliphatic hydroxyl groups excluding tert-OH is 1. The molecular formula is C10H19FO3. The van der Waals surface area contributed by atoms with E-state index in [1.807, 2.05) is 0 Å². The number of carbonyl (C=O) groups excluding carboxylic acids is 1. The van der Waals surface area contributed by atoms with Gasteiger partial charge in [0.2, 0.25) is 0 Å². The number of alkyl halides is 1. The molecule has 0 aromatic carbocycles. The van der Waals surface area contributed by atoms with Gasteiger partial charge in [-0.05, 0) is 34.1 Å². The maximum absolute atomic E-state index is 13.2. The van der Waals surface area contributed by atoms with Crippen molar-refractivity contribution in [1.29, 1.82) is 0 Å². The molecule has 0 aromatic heterocycles. The number of hydrogen-bond donors (Lipinski definition) is 1. The Labute approximate surface area is 84.3 Å². The lowest BCUT2D eigenvalue weighted by Crippen LogP contribution is -2.28. The van der Waals surface area contributed by atoms with Crippen LogP contribution in [0.4, 0.5) is 4.39 Å². The summed E-state index contributed by atoms with van der Waals surface area (Å²) in [5.74, 6) is -0.435. The van der Waals surface area contributed by atoms with Crippen molar-refractivity contribution in [2.24, 2.45) is 0 Å². The fraction of sp³-hybridized carbons (Fsp3) is 0.900. The van der Waals surface area contributed by atoms with Gasteiger partial charge in [0, 0.05) is 6.42 Å². The second-order valence-corrected chi connectivity index (χ2v) is 4.66. The quantitative estimate of drug-likeness (QED) is 0.714. The van der Waals surface area contributed by atoms with E-state index in [-0.39, 0.29) is 12.8 Å². The number of aliphatic hydroxyl groups is 1. The number of ether oxygens (including phenoxy) is 1. The summed E-state index contributed by atoms with van der Waals surface area (Å²) in [4.78, 5) is 11.2. The highest BCUT2D eigenvalue weighted by molar-refractivity contribution is 5.69. The number of halogens is 1. The topological polar surface area (TPSA) is 46.5 Å². The van der Waals surface area contributed by atoms with Gasteiger partial charge in [-0.1, -0.05) is 0 Å². The summed E-state index contributed by atoms with van der Waals surface area (Å²) in [6, 6.07) is 0. The third-order valence-electron chi connectivity index (χ3n) is 1.60. The van der Waals surface area contributed by atoms with Crippen LogP contribution in [0.2, 0.25) is 0 Å². The van der Waals surface area contributed by atoms with E-state index in [1.54, 1.807) is 20.8 Å². The first-order valence-corrected chi connectivity index (χ1v) is 4.68. The minimum Gasteiger partial charge on any atom is -0.460 e. The molecule has 14 heavy (non-hydrogen) atoms. The average Bonchev–Trinajstić information content (AvgIpc) is 1.98. The maximum Gasteiger partial charge on any atom is 0.306 e. The van der Waals surface area contributed by atoms with Gasteiger partial charge in [-0.2, -0.15) is 0 Å². The van der Waals surface area contributed by atoms with Crippen LogP contribution >= 0.6 is 0 Å². The summed E-state index contributed by atoms with van der Waals surface area (Å²) in [6.07, 6.45) is -0.0246. The molecule has 1 N–H and O–H groups in total. The molecule has 0 amide bonds. The first-order chi connectivity index (χ1) is 6.16. The molecule has 0 spiro atoms. The van der Waals surface area contributed by atoms with Crippen LogP contribution < -0.4 is 0 Å². The molecule has 0 radical (unpaired) electrons. The SMILES string of the molecule is CC(F)(CO)CCC(=O)OC(C)(C)C. The van der Waals surface area contributed by atoms with E-state index in [0.29, 0.717) is 0 Å². The fourth-order valence-electron chi connectivity index (χ4n) is 0.834. The number of rotatable bonds is 4. The normalized spacial score (nSPS) is 16.1. The monoisotopic (exact) mass is 206 g/mol. The molecule has 0 saturated heterocycles. The van der Waals surface area contributed by atoms with Crippen molar-refractivity contribution in [3.05, 3.63) is 0 Å². The third kappa shape index (κ3) is 6.83. The van der Waals surface area contributed by atoms with Crippen LogP contribution in [0.1, 0.15) is 40.5 Å². The van der Waals surface area contributed by atoms with Crippen molar-refractivity contribution in [2.75, 3.05) is 6.61 Å². The second-order valence-electron chi connectivity index (χ2n) is 4.66. The molecule has 0 aromatic rings. The van der Waals surface area contributed by atoms with E-state index in [9.17, 15) is 9.18 Å². The number of carbonyl (C=O) groups is 1. The minimum absolute atomic E-state index is 0.00910. The van der Waals surface area contributed by atoms with Gasteiger partial charge in [-0.15, -0.1) is 0 Å². The van der Waals surface area contributed by atoms with Gasteiger partial charge in [-0.3, -0.25) is 4.79 Å². The van der Waals surface area contributed by atoms with E-state index in [2.05, 4.69) is 0 Å². The molecule has 1 atom stereocenters. The number of hydrogen-bond acceptors (Lipinski definition) is 3. The van der Waals surface area contributed by atoms with Crippen molar-refractivity contribution in [3.8, 4) is 0 Å². The summed E-state index contributed by atoms with van der Waals surface area (Å²) in [6.45, 7) is 5.95. The Bertz CT molecular complexity index is 194. The molecule has 1 unspecified atom stereocenters. The van der Waals surface area contributed by atoms with E-state index in [1.165, 1.54) is 6.92 Å². The van der Waals surface area contributed by atoms with Crippen LogP contribution in [0, 0.1) is 0 Å². The molecule has 0 fully saturated rings. The van der Waals surface area contributed by atoms with E-state index in [0.717, 1.165) is 0 Å². The van der Waals surface area contributed by atoms with Crippen molar-refractivity contribution < 1.29 is 19.0 Å². The van der Waals surface area contributed by atoms with Crippen molar-refractivity contribution >= 4 is 5.97 Å². The fourth-order valence-corrected chi connectivity index (χ4v) is 0.834. The highest BCUT2D eigenvalue weighted by Crippen LogP contribution is 2.18. The van der Waals surface area contributed by atoms with Gasteiger partial charge < -0.3 is 9.84 Å². The van der Waals surface area contributed by atoms with Gasteiger partial charge in [0.15, 0.2) is 0 Å². The lowest BCUT2D eigenvalue weighted by Gasteiger charge is -2.21. The first-order valence-electron chi connectivity index (χ1n) is 4.68. The minimum atomic E-state index is -1.70. The van der Waals surface area contributed by atoms with Crippen LogP contribution in [0.15, 0.2) is 0 Å². The predicted octanol–water partition coefficient (Wildman–Crippen LogP) is 1.83. The summed E-state index contributed by atoms with van der Waals surface area (Å²) >= 11 is 0. The first kappa shape index (κ1) is 13.4. The Morgan fingerprint density at radius 2 is 1.86 bits per heavy atom.